The molecule has 0 unspecified atom stereocenters. The molecular weight excluding hydrogens is 302 g/mol. The number of carbonyl (C=O) groups excluding carboxylic acids is 1. The van der Waals surface area contributed by atoms with E-state index in [0.717, 1.165) is 37.4 Å². The molecule has 134 valence electrons. The van der Waals surface area contributed by atoms with Gasteiger partial charge in [0.2, 0.25) is 0 Å². The first-order valence-corrected chi connectivity index (χ1v) is 9.09. The predicted octanol–water partition coefficient (Wildman–Crippen LogP) is 3.23. The number of carbonyl (C=O) groups is 1. The lowest BCUT2D eigenvalue weighted by atomic mass is 10.1. The number of benzene rings is 1. The first-order valence-electron chi connectivity index (χ1n) is 9.09. The fourth-order valence-electron chi connectivity index (χ4n) is 2.83. The van der Waals surface area contributed by atoms with Gasteiger partial charge in [-0.25, -0.2) is 4.79 Å². The summed E-state index contributed by atoms with van der Waals surface area (Å²) in [6.07, 6.45) is 0.931. The Kier molecular flexibility index (Phi) is 6.91. The van der Waals surface area contributed by atoms with Gasteiger partial charge < -0.3 is 15.0 Å². The third-order valence-electron chi connectivity index (χ3n) is 4.67. The monoisotopic (exact) mass is 333 g/mol. The van der Waals surface area contributed by atoms with Crippen molar-refractivity contribution < 1.29 is 9.53 Å². The molecule has 5 nitrogen and oxygen atoms in total. The van der Waals surface area contributed by atoms with Crippen LogP contribution in [0.5, 0.6) is 5.75 Å². The van der Waals surface area contributed by atoms with Gasteiger partial charge in [-0.1, -0.05) is 26.8 Å². The van der Waals surface area contributed by atoms with Crippen molar-refractivity contribution in [2.24, 2.45) is 0 Å². The van der Waals surface area contributed by atoms with Crippen molar-refractivity contribution in [2.75, 3.05) is 26.2 Å². The van der Waals surface area contributed by atoms with Gasteiger partial charge in [-0.3, -0.25) is 4.90 Å². The molecule has 0 saturated carbocycles. The third kappa shape index (κ3) is 4.87. The van der Waals surface area contributed by atoms with Crippen LogP contribution in [0.4, 0.5) is 4.79 Å². The molecule has 2 rings (SSSR count). The van der Waals surface area contributed by atoms with Crippen LogP contribution < -0.4 is 10.1 Å². The highest BCUT2D eigenvalue weighted by Gasteiger charge is 2.21. The van der Waals surface area contributed by atoms with Crippen molar-refractivity contribution in [2.45, 2.75) is 53.2 Å². The first-order chi connectivity index (χ1) is 11.6. The summed E-state index contributed by atoms with van der Waals surface area (Å²) in [4.78, 5) is 16.7. The molecule has 1 aliphatic heterocycles. The highest BCUT2D eigenvalue weighted by molar-refractivity contribution is 5.74. The SMILES string of the molecule is CC[C@H](C)NC(=O)N1CCOc2ccc(CN(CC)CC)cc2C1. The molecule has 2 amide bonds. The van der Waals surface area contributed by atoms with E-state index in [9.17, 15) is 4.79 Å². The number of hydrogen-bond acceptors (Lipinski definition) is 3. The summed E-state index contributed by atoms with van der Waals surface area (Å²) in [5.74, 6) is 0.900. The van der Waals surface area contributed by atoms with Gasteiger partial charge >= 0.3 is 6.03 Å². The first kappa shape index (κ1) is 18.6. The van der Waals surface area contributed by atoms with Crippen LogP contribution in [-0.4, -0.2) is 48.1 Å². The molecule has 1 atom stereocenters. The molecule has 0 aliphatic carbocycles. The van der Waals surface area contributed by atoms with E-state index in [1.54, 1.807) is 0 Å². The van der Waals surface area contributed by atoms with Gasteiger partial charge in [0.05, 0.1) is 13.1 Å². The van der Waals surface area contributed by atoms with Crippen LogP contribution in [-0.2, 0) is 13.1 Å². The van der Waals surface area contributed by atoms with E-state index in [-0.39, 0.29) is 12.1 Å². The highest BCUT2D eigenvalue weighted by Crippen LogP contribution is 2.25. The fraction of sp³-hybridized carbons (Fsp3) is 0.632. The summed E-state index contributed by atoms with van der Waals surface area (Å²) in [6, 6.07) is 6.55. The minimum absolute atomic E-state index is 0.00468. The number of rotatable bonds is 6. The summed E-state index contributed by atoms with van der Waals surface area (Å²) in [5.41, 5.74) is 2.36. The Morgan fingerprint density at radius 2 is 2.08 bits per heavy atom. The Balaban J connectivity index is 2.11. The average molecular weight is 333 g/mol. The van der Waals surface area contributed by atoms with Gasteiger partial charge in [-0.2, -0.15) is 0 Å². The lowest BCUT2D eigenvalue weighted by Gasteiger charge is -2.23. The molecule has 1 heterocycles. The number of nitrogens with one attached hydrogen (secondary N) is 1. The lowest BCUT2D eigenvalue weighted by Crippen LogP contribution is -2.44. The second-order valence-corrected chi connectivity index (χ2v) is 6.43. The second kappa shape index (κ2) is 8.92. The average Bonchev–Trinajstić information content (AvgIpc) is 2.81. The van der Waals surface area contributed by atoms with Crippen LogP contribution in [0, 0.1) is 0 Å². The highest BCUT2D eigenvalue weighted by atomic mass is 16.5. The van der Waals surface area contributed by atoms with Gasteiger partial charge in [0.25, 0.3) is 0 Å². The predicted molar refractivity (Wildman–Crippen MR) is 97.3 cm³/mol. The summed E-state index contributed by atoms with van der Waals surface area (Å²) in [7, 11) is 0. The fourth-order valence-corrected chi connectivity index (χ4v) is 2.83. The van der Waals surface area contributed by atoms with Gasteiger partial charge in [-0.05, 0) is 44.1 Å². The number of urea groups is 1. The maximum atomic E-state index is 12.4. The molecule has 1 aromatic rings. The van der Waals surface area contributed by atoms with Crippen molar-refractivity contribution in [3.8, 4) is 5.75 Å². The topological polar surface area (TPSA) is 44.8 Å². The summed E-state index contributed by atoms with van der Waals surface area (Å²) in [6.45, 7) is 13.2. The number of nitrogens with zero attached hydrogens (tertiary/aromatic N) is 2. The Hall–Kier alpha value is -1.75. The van der Waals surface area contributed by atoms with E-state index in [1.807, 2.05) is 17.9 Å². The van der Waals surface area contributed by atoms with Crippen LogP contribution in [0.25, 0.3) is 0 Å². The molecule has 1 aliphatic rings. The third-order valence-corrected chi connectivity index (χ3v) is 4.67. The smallest absolute Gasteiger partial charge is 0.318 e. The van der Waals surface area contributed by atoms with Gasteiger partial charge in [0.1, 0.15) is 12.4 Å². The van der Waals surface area contributed by atoms with Crippen LogP contribution in [0.15, 0.2) is 18.2 Å². The standard InChI is InChI=1S/C19H31N3O2/c1-5-15(4)20-19(23)22-10-11-24-18-9-8-16(12-17(18)14-22)13-21(6-2)7-3/h8-9,12,15H,5-7,10-11,13-14H2,1-4H3,(H,20,23)/t15-/m0/s1. The normalized spacial score (nSPS) is 15.5. The molecule has 24 heavy (non-hydrogen) atoms. The van der Waals surface area contributed by atoms with Crippen LogP contribution in [0.3, 0.4) is 0 Å². The minimum atomic E-state index is -0.00468. The molecule has 5 heteroatoms. The van der Waals surface area contributed by atoms with Gasteiger partial charge in [-0.15, -0.1) is 0 Å². The van der Waals surface area contributed by atoms with Crippen molar-refractivity contribution in [1.82, 2.24) is 15.1 Å². The molecule has 0 fully saturated rings. The van der Waals surface area contributed by atoms with Crippen LogP contribution >= 0.6 is 0 Å². The van der Waals surface area contributed by atoms with Crippen molar-refractivity contribution in [3.05, 3.63) is 29.3 Å². The van der Waals surface area contributed by atoms with E-state index in [1.165, 1.54) is 5.56 Å². The van der Waals surface area contributed by atoms with Crippen molar-refractivity contribution >= 4 is 6.03 Å². The molecule has 0 aromatic heterocycles. The zero-order chi connectivity index (χ0) is 17.5. The Morgan fingerprint density at radius 1 is 1.33 bits per heavy atom. The second-order valence-electron chi connectivity index (χ2n) is 6.43. The molecular formula is C19H31N3O2. The number of amides is 2. The Labute approximate surface area is 146 Å². The molecule has 0 spiro atoms. The summed E-state index contributed by atoms with van der Waals surface area (Å²) in [5, 5.41) is 3.05. The number of ether oxygens (including phenoxy) is 1. The van der Waals surface area contributed by atoms with E-state index in [2.05, 4.69) is 43.1 Å². The Morgan fingerprint density at radius 3 is 2.75 bits per heavy atom. The zero-order valence-electron chi connectivity index (χ0n) is 15.5. The maximum Gasteiger partial charge on any atom is 0.318 e. The number of fused-ring (bicyclic) bond motifs is 1. The van der Waals surface area contributed by atoms with Crippen molar-refractivity contribution in [3.63, 3.8) is 0 Å². The number of hydrogen-bond donors (Lipinski definition) is 1. The lowest BCUT2D eigenvalue weighted by molar-refractivity contribution is 0.184. The van der Waals surface area contributed by atoms with Crippen LogP contribution in [0.1, 0.15) is 45.2 Å². The minimum Gasteiger partial charge on any atom is -0.491 e. The summed E-state index contributed by atoms with van der Waals surface area (Å²) < 4.78 is 5.84. The van der Waals surface area contributed by atoms with E-state index >= 15 is 0 Å². The van der Waals surface area contributed by atoms with Gasteiger partial charge in [0.15, 0.2) is 0 Å². The van der Waals surface area contributed by atoms with Crippen LogP contribution in [0.2, 0.25) is 0 Å². The summed E-state index contributed by atoms with van der Waals surface area (Å²) >= 11 is 0. The molecule has 0 saturated heterocycles. The van der Waals surface area contributed by atoms with E-state index < -0.39 is 0 Å². The molecule has 1 aromatic carbocycles. The molecule has 0 bridgehead atoms. The maximum absolute atomic E-state index is 12.4. The zero-order valence-corrected chi connectivity index (χ0v) is 15.5. The largest absolute Gasteiger partial charge is 0.491 e. The van der Waals surface area contributed by atoms with Crippen molar-refractivity contribution in [1.29, 1.82) is 0 Å². The molecule has 1 N–H and O–H groups in total. The van der Waals surface area contributed by atoms with E-state index in [4.69, 9.17) is 4.74 Å². The molecule has 0 radical (unpaired) electrons. The van der Waals surface area contributed by atoms with E-state index in [0.29, 0.717) is 19.7 Å². The quantitative estimate of drug-likeness (QED) is 0.869. The Bertz CT molecular complexity index is 543. The van der Waals surface area contributed by atoms with Gasteiger partial charge in [0, 0.05) is 18.2 Å².